The summed E-state index contributed by atoms with van der Waals surface area (Å²) in [5.74, 6) is 0.952. The minimum atomic E-state index is 0. The lowest BCUT2D eigenvalue weighted by Gasteiger charge is -2.41. The highest BCUT2D eigenvalue weighted by atomic mass is 35.5. The van der Waals surface area contributed by atoms with Gasteiger partial charge in [0.25, 0.3) is 5.91 Å². The molecule has 1 amide bonds. The Morgan fingerprint density at radius 2 is 1.75 bits per heavy atom. The number of hydrogen-bond donors (Lipinski definition) is 1. The number of likely N-dealkylation sites (tertiary alicyclic amines) is 2. The van der Waals surface area contributed by atoms with Crippen LogP contribution in [0.4, 0.5) is 5.69 Å². The third-order valence-electron chi connectivity index (χ3n) is 7.40. The van der Waals surface area contributed by atoms with Gasteiger partial charge >= 0.3 is 0 Å². The first-order chi connectivity index (χ1) is 14.1. The SMILES string of the molecule is CN1CCC(N2CCC(CCN(C)C(=O)c3cccc4c3CCCN4)CC2)CC1.Cl.Cl.Cl. The Bertz CT molecular complexity index is 704. The van der Waals surface area contributed by atoms with Gasteiger partial charge in [0.05, 0.1) is 0 Å². The molecule has 184 valence electrons. The van der Waals surface area contributed by atoms with Crippen molar-refractivity contribution in [2.45, 2.75) is 51.0 Å². The molecule has 0 bridgehead atoms. The van der Waals surface area contributed by atoms with Crippen LogP contribution in [-0.4, -0.2) is 80.0 Å². The number of halogens is 3. The number of benzene rings is 1. The predicted octanol–water partition coefficient (Wildman–Crippen LogP) is 4.58. The predicted molar refractivity (Wildman–Crippen MR) is 141 cm³/mol. The number of piperidine rings is 2. The lowest BCUT2D eigenvalue weighted by molar-refractivity contribution is 0.0725. The van der Waals surface area contributed by atoms with Crippen LogP contribution in [0.3, 0.4) is 0 Å². The van der Waals surface area contributed by atoms with Crippen LogP contribution in [0.15, 0.2) is 18.2 Å². The van der Waals surface area contributed by atoms with E-state index in [4.69, 9.17) is 0 Å². The minimum Gasteiger partial charge on any atom is -0.385 e. The molecule has 32 heavy (non-hydrogen) atoms. The maximum Gasteiger partial charge on any atom is 0.253 e. The number of carbonyl (C=O) groups is 1. The molecule has 0 atom stereocenters. The molecule has 1 N–H and O–H groups in total. The fraction of sp³-hybridized carbons (Fsp3) is 0.708. The highest BCUT2D eigenvalue weighted by molar-refractivity contribution is 5.97. The summed E-state index contributed by atoms with van der Waals surface area (Å²) in [6.45, 7) is 6.86. The van der Waals surface area contributed by atoms with Crippen molar-refractivity contribution < 1.29 is 4.79 Å². The average Bonchev–Trinajstić information content (AvgIpc) is 2.77. The molecule has 1 aromatic carbocycles. The van der Waals surface area contributed by atoms with E-state index in [1.807, 2.05) is 24.1 Å². The van der Waals surface area contributed by atoms with Crippen LogP contribution >= 0.6 is 37.2 Å². The molecule has 8 heteroatoms. The van der Waals surface area contributed by atoms with Crippen LogP contribution in [0.25, 0.3) is 0 Å². The zero-order chi connectivity index (χ0) is 20.2. The third-order valence-corrected chi connectivity index (χ3v) is 7.40. The number of nitrogens with zero attached hydrogens (tertiary/aromatic N) is 3. The molecule has 2 saturated heterocycles. The van der Waals surface area contributed by atoms with Gasteiger partial charge in [-0.25, -0.2) is 0 Å². The second-order valence-electron chi connectivity index (χ2n) is 9.39. The monoisotopic (exact) mass is 506 g/mol. The van der Waals surface area contributed by atoms with Crippen molar-refractivity contribution in [2.75, 3.05) is 58.7 Å². The molecule has 0 spiro atoms. The van der Waals surface area contributed by atoms with Gasteiger partial charge in [-0.15, -0.1) is 37.2 Å². The van der Waals surface area contributed by atoms with E-state index in [1.54, 1.807) is 0 Å². The van der Waals surface area contributed by atoms with Crippen LogP contribution in [0.5, 0.6) is 0 Å². The number of anilines is 1. The highest BCUT2D eigenvalue weighted by Gasteiger charge is 2.28. The van der Waals surface area contributed by atoms with E-state index in [0.717, 1.165) is 55.6 Å². The second kappa shape index (κ2) is 13.9. The Morgan fingerprint density at radius 3 is 2.44 bits per heavy atom. The zero-order valence-corrected chi connectivity index (χ0v) is 22.0. The van der Waals surface area contributed by atoms with Gasteiger partial charge in [0.15, 0.2) is 0 Å². The van der Waals surface area contributed by atoms with Crippen LogP contribution in [0.2, 0.25) is 0 Å². The van der Waals surface area contributed by atoms with E-state index >= 15 is 0 Å². The quantitative estimate of drug-likeness (QED) is 0.633. The van der Waals surface area contributed by atoms with Crippen LogP contribution in [-0.2, 0) is 6.42 Å². The Kier molecular flexibility index (Phi) is 12.7. The molecule has 0 aliphatic carbocycles. The zero-order valence-electron chi connectivity index (χ0n) is 19.6. The molecular formula is C24H41Cl3N4O. The van der Waals surface area contributed by atoms with E-state index in [9.17, 15) is 4.79 Å². The largest absolute Gasteiger partial charge is 0.385 e. The van der Waals surface area contributed by atoms with Crippen LogP contribution in [0.1, 0.15) is 54.4 Å². The normalized spacial score (nSPS) is 20.1. The van der Waals surface area contributed by atoms with Crippen molar-refractivity contribution in [3.05, 3.63) is 29.3 Å². The molecule has 3 heterocycles. The van der Waals surface area contributed by atoms with Crippen molar-refractivity contribution in [2.24, 2.45) is 5.92 Å². The van der Waals surface area contributed by atoms with E-state index in [0.29, 0.717) is 0 Å². The first-order valence-electron chi connectivity index (χ1n) is 11.7. The first-order valence-corrected chi connectivity index (χ1v) is 11.7. The summed E-state index contributed by atoms with van der Waals surface area (Å²) in [4.78, 5) is 20.2. The highest BCUT2D eigenvalue weighted by Crippen LogP contribution is 2.28. The molecule has 0 unspecified atom stereocenters. The molecule has 2 fully saturated rings. The number of amides is 1. The van der Waals surface area contributed by atoms with Crippen molar-refractivity contribution in [3.63, 3.8) is 0 Å². The van der Waals surface area contributed by atoms with E-state index < -0.39 is 0 Å². The molecule has 3 aliphatic heterocycles. The van der Waals surface area contributed by atoms with Gasteiger partial charge in [-0.05, 0) is 102 Å². The summed E-state index contributed by atoms with van der Waals surface area (Å²) < 4.78 is 0. The van der Waals surface area contributed by atoms with Crippen LogP contribution in [0, 0.1) is 5.92 Å². The summed E-state index contributed by atoms with van der Waals surface area (Å²) in [6.07, 6.45) is 8.49. The van der Waals surface area contributed by atoms with E-state index in [-0.39, 0.29) is 43.1 Å². The Hall–Kier alpha value is -0.720. The van der Waals surface area contributed by atoms with Gasteiger partial charge in [0.1, 0.15) is 0 Å². The number of rotatable bonds is 5. The van der Waals surface area contributed by atoms with Gasteiger partial charge in [0, 0.05) is 37.4 Å². The lowest BCUT2D eigenvalue weighted by atomic mass is 9.91. The lowest BCUT2D eigenvalue weighted by Crippen LogP contribution is -2.47. The fourth-order valence-electron chi connectivity index (χ4n) is 5.36. The first kappa shape index (κ1) is 29.3. The Balaban J connectivity index is 0.00000171. The van der Waals surface area contributed by atoms with Gasteiger partial charge in [-0.3, -0.25) is 4.79 Å². The maximum absolute atomic E-state index is 13.1. The molecule has 0 radical (unpaired) electrons. The number of nitrogens with one attached hydrogen (secondary N) is 1. The van der Waals surface area contributed by atoms with Crippen molar-refractivity contribution in [3.8, 4) is 0 Å². The number of hydrogen-bond acceptors (Lipinski definition) is 4. The molecule has 0 saturated carbocycles. The van der Waals surface area contributed by atoms with Crippen LogP contribution < -0.4 is 5.32 Å². The van der Waals surface area contributed by atoms with Gasteiger partial charge in [-0.1, -0.05) is 6.07 Å². The van der Waals surface area contributed by atoms with Crippen molar-refractivity contribution in [1.82, 2.24) is 14.7 Å². The van der Waals surface area contributed by atoms with E-state index in [1.165, 1.54) is 57.4 Å². The Labute approximate surface area is 212 Å². The Morgan fingerprint density at radius 1 is 1.06 bits per heavy atom. The average molecular weight is 508 g/mol. The number of carbonyl (C=O) groups excluding carboxylic acids is 1. The molecule has 1 aromatic rings. The second-order valence-corrected chi connectivity index (χ2v) is 9.39. The third kappa shape index (κ3) is 7.14. The molecular weight excluding hydrogens is 467 g/mol. The van der Waals surface area contributed by atoms with Crippen molar-refractivity contribution >= 4 is 48.8 Å². The summed E-state index contributed by atoms with van der Waals surface area (Å²) in [6, 6.07) is 6.92. The maximum atomic E-state index is 13.1. The summed E-state index contributed by atoms with van der Waals surface area (Å²) in [5.41, 5.74) is 3.26. The molecule has 3 aliphatic rings. The van der Waals surface area contributed by atoms with Crippen molar-refractivity contribution in [1.29, 1.82) is 0 Å². The smallest absolute Gasteiger partial charge is 0.253 e. The summed E-state index contributed by atoms with van der Waals surface area (Å²) in [5, 5.41) is 3.44. The van der Waals surface area contributed by atoms with Gasteiger partial charge < -0.3 is 20.0 Å². The standard InChI is InChI=1S/C24H38N4O.3ClH/c1-26-14-11-20(12-15-26)28-17-9-19(10-18-28)8-16-27(2)24(29)22-5-3-7-23-21(22)6-4-13-25-23;;;/h3,5,7,19-20,25H,4,6,8-18H2,1-2H3;3*1H. The molecule has 4 rings (SSSR count). The summed E-state index contributed by atoms with van der Waals surface area (Å²) >= 11 is 0. The fourth-order valence-corrected chi connectivity index (χ4v) is 5.36. The molecule has 5 nitrogen and oxygen atoms in total. The van der Waals surface area contributed by atoms with E-state index in [2.05, 4.69) is 28.2 Å². The minimum absolute atomic E-state index is 0. The topological polar surface area (TPSA) is 38.8 Å². The molecule has 0 aromatic heterocycles. The van der Waals surface area contributed by atoms with Gasteiger partial charge in [-0.2, -0.15) is 0 Å². The number of fused-ring (bicyclic) bond motifs is 1. The summed E-state index contributed by atoms with van der Waals surface area (Å²) in [7, 11) is 4.22. The van der Waals surface area contributed by atoms with Gasteiger partial charge in [0.2, 0.25) is 0 Å².